The van der Waals surface area contributed by atoms with Gasteiger partial charge in [-0.3, -0.25) is 0 Å². The molecular formula is C12H17NO2. The van der Waals surface area contributed by atoms with Crippen LogP contribution >= 0.6 is 0 Å². The Labute approximate surface area is 90.4 Å². The van der Waals surface area contributed by atoms with Crippen molar-refractivity contribution in [2.75, 3.05) is 0 Å². The highest BCUT2D eigenvalue weighted by Crippen LogP contribution is 2.14. The van der Waals surface area contributed by atoms with Crippen LogP contribution in [0.3, 0.4) is 0 Å². The van der Waals surface area contributed by atoms with Crippen molar-refractivity contribution in [1.29, 1.82) is 0 Å². The fraction of sp³-hybridized carbons (Fsp3) is 0.417. The molecule has 0 heterocycles. The minimum absolute atomic E-state index is 0.251. The van der Waals surface area contributed by atoms with Gasteiger partial charge in [0, 0.05) is 0 Å². The van der Waals surface area contributed by atoms with E-state index in [4.69, 9.17) is 4.84 Å². The van der Waals surface area contributed by atoms with Gasteiger partial charge in [-0.15, -0.1) is 5.48 Å². The maximum absolute atomic E-state index is 11.4. The SMILES string of the molecule is CC(C)(C)C(=O)ONCc1ccccc1. The van der Waals surface area contributed by atoms with Crippen LogP contribution in [0.5, 0.6) is 0 Å². The summed E-state index contributed by atoms with van der Waals surface area (Å²) in [7, 11) is 0. The number of benzene rings is 1. The number of carbonyl (C=O) groups is 1. The first-order valence-electron chi connectivity index (χ1n) is 4.98. The zero-order valence-electron chi connectivity index (χ0n) is 9.41. The standard InChI is InChI=1S/C12H17NO2/c1-12(2,3)11(14)15-13-9-10-7-5-4-6-8-10/h4-8,13H,9H2,1-3H3. The topological polar surface area (TPSA) is 38.3 Å². The Bertz CT molecular complexity index is 314. The summed E-state index contributed by atoms with van der Waals surface area (Å²) in [6.07, 6.45) is 0. The molecule has 0 aliphatic carbocycles. The number of carbonyl (C=O) groups excluding carboxylic acids is 1. The lowest BCUT2D eigenvalue weighted by Crippen LogP contribution is -2.29. The number of hydrogen-bond donors (Lipinski definition) is 1. The lowest BCUT2D eigenvalue weighted by molar-refractivity contribution is -0.161. The Morgan fingerprint density at radius 2 is 1.87 bits per heavy atom. The van der Waals surface area contributed by atoms with E-state index < -0.39 is 5.41 Å². The number of nitrogens with one attached hydrogen (secondary N) is 1. The van der Waals surface area contributed by atoms with Crippen LogP contribution in [0.4, 0.5) is 0 Å². The van der Waals surface area contributed by atoms with Crippen molar-refractivity contribution in [2.45, 2.75) is 27.3 Å². The van der Waals surface area contributed by atoms with Crippen LogP contribution in [0.25, 0.3) is 0 Å². The van der Waals surface area contributed by atoms with Gasteiger partial charge >= 0.3 is 5.97 Å². The van der Waals surface area contributed by atoms with E-state index in [9.17, 15) is 4.79 Å². The van der Waals surface area contributed by atoms with Crippen LogP contribution in [0.1, 0.15) is 26.3 Å². The Morgan fingerprint density at radius 1 is 1.27 bits per heavy atom. The maximum atomic E-state index is 11.4. The van der Waals surface area contributed by atoms with Crippen molar-refractivity contribution >= 4 is 5.97 Å². The highest BCUT2D eigenvalue weighted by Gasteiger charge is 2.23. The molecule has 0 aromatic heterocycles. The van der Waals surface area contributed by atoms with Crippen LogP contribution in [0, 0.1) is 5.41 Å². The number of hydrogen-bond acceptors (Lipinski definition) is 3. The third-order valence-corrected chi connectivity index (χ3v) is 1.90. The van der Waals surface area contributed by atoms with Crippen LogP contribution in [-0.2, 0) is 16.2 Å². The van der Waals surface area contributed by atoms with Crippen molar-refractivity contribution in [3.63, 3.8) is 0 Å². The van der Waals surface area contributed by atoms with Crippen molar-refractivity contribution in [1.82, 2.24) is 5.48 Å². The molecular weight excluding hydrogens is 190 g/mol. The quantitative estimate of drug-likeness (QED) is 0.773. The van der Waals surface area contributed by atoms with Crippen LogP contribution < -0.4 is 5.48 Å². The van der Waals surface area contributed by atoms with Crippen molar-refractivity contribution in [3.05, 3.63) is 35.9 Å². The molecule has 0 atom stereocenters. The van der Waals surface area contributed by atoms with Gasteiger partial charge in [-0.05, 0) is 26.3 Å². The second kappa shape index (κ2) is 4.94. The molecule has 0 aliphatic rings. The zero-order chi connectivity index (χ0) is 11.3. The van der Waals surface area contributed by atoms with Gasteiger partial charge in [-0.2, -0.15) is 0 Å². The highest BCUT2D eigenvalue weighted by molar-refractivity contribution is 5.75. The second-order valence-electron chi connectivity index (χ2n) is 4.45. The fourth-order valence-corrected chi connectivity index (χ4v) is 0.934. The van der Waals surface area contributed by atoms with E-state index in [1.807, 2.05) is 51.1 Å². The average Bonchev–Trinajstić information content (AvgIpc) is 2.18. The summed E-state index contributed by atoms with van der Waals surface area (Å²) in [5.74, 6) is -0.251. The van der Waals surface area contributed by atoms with Gasteiger partial charge in [0.15, 0.2) is 0 Å². The van der Waals surface area contributed by atoms with E-state index in [0.717, 1.165) is 5.56 Å². The largest absolute Gasteiger partial charge is 0.370 e. The zero-order valence-corrected chi connectivity index (χ0v) is 9.41. The van der Waals surface area contributed by atoms with E-state index in [0.29, 0.717) is 6.54 Å². The molecule has 0 aliphatic heterocycles. The van der Waals surface area contributed by atoms with E-state index in [1.165, 1.54) is 0 Å². The predicted molar refractivity (Wildman–Crippen MR) is 58.8 cm³/mol. The molecule has 0 saturated heterocycles. The fourth-order valence-electron chi connectivity index (χ4n) is 0.934. The van der Waals surface area contributed by atoms with E-state index in [2.05, 4.69) is 5.48 Å². The Kier molecular flexibility index (Phi) is 3.86. The molecule has 82 valence electrons. The molecule has 3 heteroatoms. The molecule has 1 aromatic rings. The second-order valence-corrected chi connectivity index (χ2v) is 4.45. The van der Waals surface area contributed by atoms with Crippen molar-refractivity contribution in [3.8, 4) is 0 Å². The molecule has 0 bridgehead atoms. The molecule has 0 saturated carbocycles. The Hall–Kier alpha value is -1.35. The lowest BCUT2D eigenvalue weighted by atomic mass is 9.98. The normalized spacial score (nSPS) is 11.1. The molecule has 0 unspecified atom stereocenters. The first-order chi connectivity index (χ1) is 7.00. The summed E-state index contributed by atoms with van der Waals surface area (Å²) < 4.78 is 0. The lowest BCUT2D eigenvalue weighted by Gasteiger charge is -2.16. The minimum atomic E-state index is -0.469. The van der Waals surface area contributed by atoms with Gasteiger partial charge in [0.1, 0.15) is 0 Å². The highest BCUT2D eigenvalue weighted by atomic mass is 16.7. The molecule has 0 spiro atoms. The van der Waals surface area contributed by atoms with E-state index >= 15 is 0 Å². The van der Waals surface area contributed by atoms with Gasteiger partial charge in [0.05, 0.1) is 12.0 Å². The van der Waals surface area contributed by atoms with Crippen LogP contribution in [0.15, 0.2) is 30.3 Å². The smallest absolute Gasteiger partial charge is 0.329 e. The summed E-state index contributed by atoms with van der Waals surface area (Å²) in [4.78, 5) is 16.3. The number of rotatable bonds is 3. The van der Waals surface area contributed by atoms with Crippen molar-refractivity contribution < 1.29 is 9.63 Å². The molecule has 1 aromatic carbocycles. The predicted octanol–water partition coefficient (Wildman–Crippen LogP) is 2.28. The molecule has 1 rings (SSSR count). The first kappa shape index (κ1) is 11.7. The molecule has 3 nitrogen and oxygen atoms in total. The summed E-state index contributed by atoms with van der Waals surface area (Å²) in [6, 6.07) is 9.78. The molecule has 1 N–H and O–H groups in total. The third-order valence-electron chi connectivity index (χ3n) is 1.90. The maximum Gasteiger partial charge on any atom is 0.329 e. The Balaban J connectivity index is 2.32. The van der Waals surface area contributed by atoms with Crippen LogP contribution in [-0.4, -0.2) is 5.97 Å². The van der Waals surface area contributed by atoms with Gasteiger partial charge in [-0.1, -0.05) is 30.3 Å². The van der Waals surface area contributed by atoms with E-state index in [1.54, 1.807) is 0 Å². The summed E-state index contributed by atoms with van der Waals surface area (Å²) in [5.41, 5.74) is 3.27. The van der Waals surface area contributed by atoms with Gasteiger partial charge < -0.3 is 4.84 Å². The van der Waals surface area contributed by atoms with Gasteiger partial charge in [0.2, 0.25) is 0 Å². The monoisotopic (exact) mass is 207 g/mol. The minimum Gasteiger partial charge on any atom is -0.370 e. The first-order valence-corrected chi connectivity index (χ1v) is 4.98. The van der Waals surface area contributed by atoms with Crippen molar-refractivity contribution in [2.24, 2.45) is 5.41 Å². The molecule has 0 fully saturated rings. The Morgan fingerprint density at radius 3 is 2.40 bits per heavy atom. The molecule has 15 heavy (non-hydrogen) atoms. The summed E-state index contributed by atoms with van der Waals surface area (Å²) in [5, 5.41) is 0. The molecule has 0 radical (unpaired) electrons. The molecule has 0 amide bonds. The third kappa shape index (κ3) is 4.13. The summed E-state index contributed by atoms with van der Waals surface area (Å²) in [6.45, 7) is 5.99. The average molecular weight is 207 g/mol. The van der Waals surface area contributed by atoms with Gasteiger partial charge in [0.25, 0.3) is 0 Å². The van der Waals surface area contributed by atoms with Crippen LogP contribution in [0.2, 0.25) is 0 Å². The van der Waals surface area contributed by atoms with Gasteiger partial charge in [-0.25, -0.2) is 4.79 Å². The summed E-state index contributed by atoms with van der Waals surface area (Å²) >= 11 is 0. The number of hydroxylamine groups is 1. The van der Waals surface area contributed by atoms with E-state index in [-0.39, 0.29) is 5.97 Å².